The lowest BCUT2D eigenvalue weighted by Gasteiger charge is -2.24. The molecule has 100 valence electrons. The third kappa shape index (κ3) is 4.75. The number of likely N-dealkylation sites (N-methyl/N-ethyl adjacent to an activating group) is 1. The second-order valence-electron chi connectivity index (χ2n) is 4.53. The van der Waals surface area contributed by atoms with E-state index in [1.54, 1.807) is 7.11 Å². The van der Waals surface area contributed by atoms with Crippen LogP contribution in [-0.2, 0) is 11.2 Å². The van der Waals surface area contributed by atoms with Crippen molar-refractivity contribution in [3.63, 3.8) is 0 Å². The number of carboxylic acid groups (broad SMARTS) is 1. The summed E-state index contributed by atoms with van der Waals surface area (Å²) in [7, 11) is 3.61. The zero-order valence-corrected chi connectivity index (χ0v) is 11.2. The largest absolute Gasteiger partial charge is 0.497 e. The Bertz CT molecular complexity index is 392. The molecule has 0 aliphatic carbocycles. The van der Waals surface area contributed by atoms with Crippen molar-refractivity contribution >= 4 is 5.97 Å². The summed E-state index contributed by atoms with van der Waals surface area (Å²) in [6, 6.07) is 8.27. The van der Waals surface area contributed by atoms with Crippen LogP contribution in [0.1, 0.15) is 18.9 Å². The fraction of sp³-hybridized carbons (Fsp3) is 0.500. The average Bonchev–Trinajstić information content (AvgIpc) is 2.36. The van der Waals surface area contributed by atoms with Crippen molar-refractivity contribution < 1.29 is 14.6 Å². The molecule has 0 aliphatic rings. The molecule has 0 saturated carbocycles. The van der Waals surface area contributed by atoms with Crippen LogP contribution in [0.4, 0.5) is 0 Å². The second kappa shape index (κ2) is 7.01. The third-order valence-electron chi connectivity index (χ3n) is 3.10. The second-order valence-corrected chi connectivity index (χ2v) is 4.53. The van der Waals surface area contributed by atoms with Crippen LogP contribution in [0.5, 0.6) is 5.75 Å². The number of ether oxygens (including phenoxy) is 1. The molecule has 0 aliphatic heterocycles. The van der Waals surface area contributed by atoms with Crippen LogP contribution in [0.15, 0.2) is 24.3 Å². The van der Waals surface area contributed by atoms with Crippen LogP contribution in [0.2, 0.25) is 0 Å². The van der Waals surface area contributed by atoms with Gasteiger partial charge in [0.2, 0.25) is 0 Å². The molecule has 0 spiro atoms. The summed E-state index contributed by atoms with van der Waals surface area (Å²) in [5.74, 6) is 0.100. The summed E-state index contributed by atoms with van der Waals surface area (Å²) < 4.78 is 5.18. The number of nitrogens with zero attached hydrogens (tertiary/aromatic N) is 1. The fourth-order valence-corrected chi connectivity index (χ4v) is 1.79. The predicted octanol–water partition coefficient (Wildman–Crippen LogP) is 2.03. The van der Waals surface area contributed by atoms with Gasteiger partial charge in [-0.25, -0.2) is 0 Å². The van der Waals surface area contributed by atoms with Crippen LogP contribution in [0.3, 0.4) is 0 Å². The van der Waals surface area contributed by atoms with E-state index in [0.717, 1.165) is 12.2 Å². The smallest absolute Gasteiger partial charge is 0.304 e. The van der Waals surface area contributed by atoms with Crippen molar-refractivity contribution in [2.24, 2.45) is 0 Å². The molecule has 4 nitrogen and oxygen atoms in total. The van der Waals surface area contributed by atoms with E-state index in [4.69, 9.17) is 9.84 Å². The number of carbonyl (C=O) groups is 1. The highest BCUT2D eigenvalue weighted by molar-refractivity contribution is 5.66. The van der Waals surface area contributed by atoms with E-state index < -0.39 is 5.97 Å². The highest BCUT2D eigenvalue weighted by Gasteiger charge is 2.11. The molecule has 0 heterocycles. The van der Waals surface area contributed by atoms with E-state index in [-0.39, 0.29) is 6.42 Å². The Hall–Kier alpha value is -1.55. The van der Waals surface area contributed by atoms with Gasteiger partial charge in [-0.1, -0.05) is 12.1 Å². The monoisotopic (exact) mass is 251 g/mol. The van der Waals surface area contributed by atoms with Crippen LogP contribution < -0.4 is 4.74 Å². The minimum absolute atomic E-state index is 0.180. The van der Waals surface area contributed by atoms with Gasteiger partial charge in [-0.2, -0.15) is 0 Å². The van der Waals surface area contributed by atoms with Crippen molar-refractivity contribution in [2.75, 3.05) is 20.7 Å². The molecule has 1 aromatic rings. The maximum Gasteiger partial charge on any atom is 0.304 e. The van der Waals surface area contributed by atoms with Gasteiger partial charge in [0, 0.05) is 12.6 Å². The van der Waals surface area contributed by atoms with Gasteiger partial charge in [0.1, 0.15) is 5.75 Å². The summed E-state index contributed by atoms with van der Waals surface area (Å²) in [4.78, 5) is 12.6. The lowest BCUT2D eigenvalue weighted by Crippen LogP contribution is -2.32. The number of aliphatic carboxylic acids is 1. The molecule has 4 heteroatoms. The van der Waals surface area contributed by atoms with Crippen molar-refractivity contribution in [3.05, 3.63) is 29.8 Å². The number of hydrogen-bond acceptors (Lipinski definition) is 3. The Morgan fingerprint density at radius 2 is 2.22 bits per heavy atom. The molecule has 18 heavy (non-hydrogen) atoms. The summed E-state index contributed by atoms with van der Waals surface area (Å²) in [5.41, 5.74) is 1.20. The zero-order valence-electron chi connectivity index (χ0n) is 11.2. The Kier molecular flexibility index (Phi) is 5.65. The lowest BCUT2D eigenvalue weighted by atomic mass is 10.1. The first-order valence-corrected chi connectivity index (χ1v) is 6.08. The molecular weight excluding hydrogens is 230 g/mol. The molecule has 0 radical (unpaired) electrons. The van der Waals surface area contributed by atoms with Crippen LogP contribution >= 0.6 is 0 Å². The van der Waals surface area contributed by atoms with E-state index >= 15 is 0 Å². The van der Waals surface area contributed by atoms with Crippen molar-refractivity contribution in [1.82, 2.24) is 4.90 Å². The fourth-order valence-electron chi connectivity index (χ4n) is 1.79. The maximum absolute atomic E-state index is 10.5. The number of carboxylic acids is 1. The molecule has 0 saturated heterocycles. The van der Waals surface area contributed by atoms with Crippen LogP contribution in [-0.4, -0.2) is 42.7 Å². The van der Waals surface area contributed by atoms with Crippen molar-refractivity contribution in [3.8, 4) is 5.75 Å². The quantitative estimate of drug-likeness (QED) is 0.805. The first-order chi connectivity index (χ1) is 8.52. The zero-order chi connectivity index (χ0) is 13.5. The predicted molar refractivity (Wildman–Crippen MR) is 71.0 cm³/mol. The standard InChI is InChI=1S/C14H21NO3/c1-11(15(2)8-7-14(16)17)9-12-5-4-6-13(10-12)18-3/h4-6,10-11H,7-9H2,1-3H3,(H,16,17). The number of benzene rings is 1. The van der Waals surface area contributed by atoms with Gasteiger partial charge in [-0.3, -0.25) is 4.79 Å². The normalized spacial score (nSPS) is 12.4. The average molecular weight is 251 g/mol. The maximum atomic E-state index is 10.5. The SMILES string of the molecule is COc1cccc(CC(C)N(C)CCC(=O)O)c1. The van der Waals surface area contributed by atoms with Gasteiger partial charge in [0.15, 0.2) is 0 Å². The molecule has 0 aromatic heterocycles. The molecule has 0 fully saturated rings. The number of methoxy groups -OCH3 is 1. The lowest BCUT2D eigenvalue weighted by molar-refractivity contribution is -0.137. The molecule has 0 bridgehead atoms. The Morgan fingerprint density at radius 1 is 1.50 bits per heavy atom. The van der Waals surface area contributed by atoms with E-state index in [2.05, 4.69) is 17.9 Å². The minimum atomic E-state index is -0.754. The first-order valence-electron chi connectivity index (χ1n) is 6.08. The van der Waals surface area contributed by atoms with E-state index in [0.29, 0.717) is 12.6 Å². The molecule has 1 atom stereocenters. The highest BCUT2D eigenvalue weighted by atomic mass is 16.5. The topological polar surface area (TPSA) is 49.8 Å². The van der Waals surface area contributed by atoms with Gasteiger partial charge >= 0.3 is 5.97 Å². The summed E-state index contributed by atoms with van der Waals surface area (Å²) >= 11 is 0. The van der Waals surface area contributed by atoms with Gasteiger partial charge in [0.25, 0.3) is 0 Å². The molecule has 0 amide bonds. The Balaban J connectivity index is 2.52. The minimum Gasteiger partial charge on any atom is -0.497 e. The van der Waals surface area contributed by atoms with Crippen molar-refractivity contribution in [2.45, 2.75) is 25.8 Å². The summed E-state index contributed by atoms with van der Waals surface area (Å²) in [5, 5.41) is 8.66. The van der Waals surface area contributed by atoms with Crippen molar-refractivity contribution in [1.29, 1.82) is 0 Å². The molecule has 1 rings (SSSR count). The Morgan fingerprint density at radius 3 is 2.83 bits per heavy atom. The molecule has 1 unspecified atom stereocenters. The number of hydrogen-bond donors (Lipinski definition) is 1. The van der Waals surface area contributed by atoms with Crippen LogP contribution in [0.25, 0.3) is 0 Å². The van der Waals surface area contributed by atoms with E-state index in [9.17, 15) is 4.79 Å². The van der Waals surface area contributed by atoms with Gasteiger partial charge < -0.3 is 14.7 Å². The van der Waals surface area contributed by atoms with Gasteiger partial charge in [-0.05, 0) is 38.1 Å². The highest BCUT2D eigenvalue weighted by Crippen LogP contribution is 2.15. The Labute approximate surface area is 108 Å². The van der Waals surface area contributed by atoms with Gasteiger partial charge in [0.05, 0.1) is 13.5 Å². The van der Waals surface area contributed by atoms with E-state index in [1.165, 1.54) is 5.56 Å². The molecule has 1 aromatic carbocycles. The molecule has 1 N–H and O–H groups in total. The summed E-state index contributed by atoms with van der Waals surface area (Å²) in [6.07, 6.45) is 1.06. The van der Waals surface area contributed by atoms with Gasteiger partial charge in [-0.15, -0.1) is 0 Å². The first kappa shape index (κ1) is 14.5. The van der Waals surface area contributed by atoms with E-state index in [1.807, 2.05) is 25.2 Å². The number of rotatable bonds is 7. The van der Waals surface area contributed by atoms with Crippen LogP contribution in [0, 0.1) is 0 Å². The summed E-state index contributed by atoms with van der Waals surface area (Å²) in [6.45, 7) is 2.67. The third-order valence-corrected chi connectivity index (χ3v) is 3.10. The molecular formula is C14H21NO3.